The van der Waals surface area contributed by atoms with E-state index >= 15 is 0 Å². The van der Waals surface area contributed by atoms with Gasteiger partial charge in [-0.2, -0.15) is 0 Å². The van der Waals surface area contributed by atoms with Gasteiger partial charge in [0.05, 0.1) is 12.6 Å². The van der Waals surface area contributed by atoms with Crippen molar-refractivity contribution in [3.63, 3.8) is 0 Å². The van der Waals surface area contributed by atoms with Gasteiger partial charge < -0.3 is 21.3 Å². The first-order chi connectivity index (χ1) is 7.02. The van der Waals surface area contributed by atoms with Gasteiger partial charge in [-0.15, -0.1) is 0 Å². The number of hydrogen-bond acceptors (Lipinski definition) is 4. The third-order valence-corrected chi connectivity index (χ3v) is 1.90. The summed E-state index contributed by atoms with van der Waals surface area (Å²) in [6.07, 6.45) is 1.94. The molecule has 5 N–H and O–H groups in total. The van der Waals surface area contributed by atoms with Crippen LogP contribution in [0.1, 0.15) is 32.1 Å². The summed E-state index contributed by atoms with van der Waals surface area (Å²) in [4.78, 5) is 20.3. The summed E-state index contributed by atoms with van der Waals surface area (Å²) < 4.78 is 0. The number of carboxylic acids is 2. The fourth-order valence-corrected chi connectivity index (χ4v) is 1.11. The first-order valence-electron chi connectivity index (χ1n) is 4.95. The molecular weight excluding hydrogens is 200 g/mol. The zero-order valence-corrected chi connectivity index (χ0v) is 8.61. The van der Waals surface area contributed by atoms with Crippen LogP contribution in [-0.2, 0) is 9.59 Å². The molecule has 0 aromatic rings. The van der Waals surface area contributed by atoms with Crippen LogP contribution in [0.25, 0.3) is 0 Å². The molecule has 0 fully saturated rings. The number of nitrogens with one attached hydrogen (secondary N) is 1. The van der Waals surface area contributed by atoms with Gasteiger partial charge in [-0.25, -0.2) is 0 Å². The fraction of sp³-hybridized carbons (Fsp3) is 0.778. The average Bonchev–Trinajstić information content (AvgIpc) is 2.11. The zero-order valence-electron chi connectivity index (χ0n) is 8.61. The second-order valence-corrected chi connectivity index (χ2v) is 3.34. The van der Waals surface area contributed by atoms with E-state index in [0.29, 0.717) is 19.4 Å². The number of nitrogens with two attached hydrogens (primary N) is 1. The third kappa shape index (κ3) is 10.8. The van der Waals surface area contributed by atoms with Gasteiger partial charge in [0.15, 0.2) is 0 Å². The van der Waals surface area contributed by atoms with Gasteiger partial charge in [0.1, 0.15) is 0 Å². The first-order valence-corrected chi connectivity index (χ1v) is 4.95. The van der Waals surface area contributed by atoms with Crippen LogP contribution in [-0.4, -0.2) is 34.9 Å². The van der Waals surface area contributed by atoms with Gasteiger partial charge in [0.2, 0.25) is 0 Å². The Morgan fingerprint density at radius 2 is 1.73 bits per heavy atom. The summed E-state index contributed by atoms with van der Waals surface area (Å²) in [6.45, 7) is 0.343. The molecule has 0 rings (SSSR count). The van der Waals surface area contributed by atoms with Crippen molar-refractivity contribution in [3.05, 3.63) is 0 Å². The summed E-state index contributed by atoms with van der Waals surface area (Å²) in [6, 6.07) is 0. The minimum Gasteiger partial charge on any atom is -0.481 e. The van der Waals surface area contributed by atoms with E-state index in [4.69, 9.17) is 15.9 Å². The van der Waals surface area contributed by atoms with Crippen LogP contribution in [0.2, 0.25) is 0 Å². The van der Waals surface area contributed by atoms with Crippen LogP contribution in [0.4, 0.5) is 0 Å². The summed E-state index contributed by atoms with van der Waals surface area (Å²) in [7, 11) is 0. The summed E-state index contributed by atoms with van der Waals surface area (Å²) in [5.74, 6) is -1.66. The zero-order chi connectivity index (χ0) is 11.7. The van der Waals surface area contributed by atoms with Crippen molar-refractivity contribution in [3.8, 4) is 0 Å². The summed E-state index contributed by atoms with van der Waals surface area (Å²) in [5.41, 5.74) is 5.63. The van der Waals surface area contributed by atoms with Gasteiger partial charge in [-0.1, -0.05) is 0 Å². The first kappa shape index (κ1) is 13.9. The maximum atomic E-state index is 10.2. The third-order valence-electron chi connectivity index (χ3n) is 1.90. The molecule has 1 atom stereocenters. The van der Waals surface area contributed by atoms with E-state index in [1.54, 1.807) is 0 Å². The molecule has 88 valence electrons. The van der Waals surface area contributed by atoms with Crippen LogP contribution in [0.15, 0.2) is 0 Å². The molecule has 1 unspecified atom stereocenters. The Kier molecular flexibility index (Phi) is 7.57. The molecule has 0 amide bonds. The predicted molar refractivity (Wildman–Crippen MR) is 54.3 cm³/mol. The van der Waals surface area contributed by atoms with E-state index in [1.807, 2.05) is 0 Å². The molecule has 6 heteroatoms. The van der Waals surface area contributed by atoms with Gasteiger partial charge >= 0.3 is 11.9 Å². The number of unbranched alkanes of at least 4 members (excludes halogenated alkanes) is 1. The predicted octanol–water partition coefficient (Wildman–Crippen LogP) is -0.0195. The van der Waals surface area contributed by atoms with Crippen LogP contribution in [0.3, 0.4) is 0 Å². The Morgan fingerprint density at radius 1 is 1.13 bits per heavy atom. The van der Waals surface area contributed by atoms with Crippen molar-refractivity contribution in [1.82, 2.24) is 5.32 Å². The number of hydrogen-bond donors (Lipinski definition) is 4. The molecule has 0 aromatic heterocycles. The molecule has 0 heterocycles. The Labute approximate surface area is 88.5 Å². The Bertz CT molecular complexity index is 208. The molecule has 0 saturated carbocycles. The van der Waals surface area contributed by atoms with E-state index in [-0.39, 0.29) is 19.0 Å². The lowest BCUT2D eigenvalue weighted by Gasteiger charge is -2.12. The van der Waals surface area contributed by atoms with E-state index in [0.717, 1.165) is 6.42 Å². The lowest BCUT2D eigenvalue weighted by molar-refractivity contribution is -0.138. The molecule has 0 radical (unpaired) electrons. The van der Waals surface area contributed by atoms with Crippen molar-refractivity contribution in [2.75, 3.05) is 6.54 Å². The number of carbonyl (C=O) groups is 2. The molecule has 0 aromatic carbocycles. The molecule has 0 bridgehead atoms. The highest BCUT2D eigenvalue weighted by atomic mass is 16.4. The largest absolute Gasteiger partial charge is 0.481 e. The number of rotatable bonds is 9. The molecule has 15 heavy (non-hydrogen) atoms. The Morgan fingerprint density at radius 3 is 2.27 bits per heavy atom. The normalized spacial score (nSPS) is 12.3. The van der Waals surface area contributed by atoms with E-state index in [9.17, 15) is 9.59 Å². The van der Waals surface area contributed by atoms with Crippen LogP contribution < -0.4 is 11.1 Å². The van der Waals surface area contributed by atoms with Crippen molar-refractivity contribution in [2.45, 2.75) is 38.3 Å². The molecule has 0 saturated heterocycles. The molecule has 6 nitrogen and oxygen atoms in total. The van der Waals surface area contributed by atoms with Gasteiger partial charge in [0, 0.05) is 13.0 Å². The SMILES string of the molecule is NC(CCCCC(=O)O)NCCC(=O)O. The molecule has 0 aliphatic carbocycles. The average molecular weight is 218 g/mol. The Hall–Kier alpha value is -1.14. The topological polar surface area (TPSA) is 113 Å². The highest BCUT2D eigenvalue weighted by Crippen LogP contribution is 2.00. The van der Waals surface area contributed by atoms with Crippen molar-refractivity contribution >= 4 is 11.9 Å². The van der Waals surface area contributed by atoms with Gasteiger partial charge in [-0.3, -0.25) is 9.59 Å². The smallest absolute Gasteiger partial charge is 0.304 e. The van der Waals surface area contributed by atoms with Gasteiger partial charge in [-0.05, 0) is 19.3 Å². The second kappa shape index (κ2) is 8.19. The Balaban J connectivity index is 3.29. The number of aliphatic carboxylic acids is 2. The highest BCUT2D eigenvalue weighted by Gasteiger charge is 2.03. The molecular formula is C9H18N2O4. The molecule has 0 aliphatic heterocycles. The lowest BCUT2D eigenvalue weighted by atomic mass is 10.1. The summed E-state index contributed by atoms with van der Waals surface area (Å²) in [5, 5.41) is 19.6. The van der Waals surface area contributed by atoms with Crippen molar-refractivity contribution in [1.29, 1.82) is 0 Å². The monoisotopic (exact) mass is 218 g/mol. The lowest BCUT2D eigenvalue weighted by Crippen LogP contribution is -2.38. The van der Waals surface area contributed by atoms with Crippen LogP contribution in [0, 0.1) is 0 Å². The maximum Gasteiger partial charge on any atom is 0.304 e. The molecule has 0 aliphatic rings. The minimum absolute atomic E-state index is 0.0445. The quantitative estimate of drug-likeness (QED) is 0.319. The van der Waals surface area contributed by atoms with E-state index in [2.05, 4.69) is 5.32 Å². The molecule has 0 spiro atoms. The van der Waals surface area contributed by atoms with Crippen LogP contribution in [0.5, 0.6) is 0 Å². The van der Waals surface area contributed by atoms with Gasteiger partial charge in [0.25, 0.3) is 0 Å². The standard InChI is InChI=1S/C9H18N2O4/c10-7(11-6-5-9(14)15)3-1-2-4-8(12)13/h7,11H,1-6,10H2,(H,12,13)(H,14,15). The summed E-state index contributed by atoms with van der Waals surface area (Å²) >= 11 is 0. The van der Waals surface area contributed by atoms with E-state index < -0.39 is 11.9 Å². The number of carboxylic acid groups (broad SMARTS) is 2. The van der Waals surface area contributed by atoms with Crippen LogP contribution >= 0.6 is 0 Å². The minimum atomic E-state index is -0.861. The van der Waals surface area contributed by atoms with Crippen molar-refractivity contribution < 1.29 is 19.8 Å². The van der Waals surface area contributed by atoms with E-state index in [1.165, 1.54) is 0 Å². The second-order valence-electron chi connectivity index (χ2n) is 3.34. The van der Waals surface area contributed by atoms with Crippen molar-refractivity contribution in [2.24, 2.45) is 5.73 Å². The maximum absolute atomic E-state index is 10.2. The fourth-order valence-electron chi connectivity index (χ4n) is 1.11. The highest BCUT2D eigenvalue weighted by molar-refractivity contribution is 5.67.